The van der Waals surface area contributed by atoms with Gasteiger partial charge in [-0.15, -0.1) is 0 Å². The number of ether oxygens (including phenoxy) is 3. The lowest BCUT2D eigenvalue weighted by atomic mass is 9.34. The first-order chi connectivity index (χ1) is 13.5. The second kappa shape index (κ2) is 5.07. The maximum absolute atomic E-state index is 12.2. The first-order valence-electron chi connectivity index (χ1n) is 10.8. The van der Waals surface area contributed by atoms with E-state index < -0.39 is 59.2 Å². The summed E-state index contributed by atoms with van der Waals surface area (Å²) in [5.41, 5.74) is -1.61. The Kier molecular flexibility index (Phi) is 3.28. The predicted octanol–water partition coefficient (Wildman–Crippen LogP) is 1.10. The van der Waals surface area contributed by atoms with Gasteiger partial charge in [-0.05, 0) is 30.3 Å². The molecule has 4 aliphatic carbocycles. The largest absolute Gasteiger partial charge is 0.456 e. The van der Waals surface area contributed by atoms with Crippen LogP contribution < -0.4 is 0 Å². The number of aliphatic hydroxyl groups excluding tert-OH is 2. The molecule has 4 heterocycles. The lowest BCUT2D eigenvalue weighted by molar-refractivity contribution is -0.569. The average molecular weight is 406 g/mol. The Hall–Kier alpha value is -0.990. The van der Waals surface area contributed by atoms with Crippen molar-refractivity contribution < 1.29 is 34.3 Å². The molecule has 1 unspecified atom stereocenters. The van der Waals surface area contributed by atoms with Gasteiger partial charge in [0.05, 0.1) is 23.7 Å². The molecule has 8 fully saturated rings. The predicted molar refractivity (Wildman–Crippen MR) is 99.0 cm³/mol. The van der Waals surface area contributed by atoms with E-state index in [2.05, 4.69) is 20.4 Å². The molecule has 29 heavy (non-hydrogen) atoms. The lowest BCUT2D eigenvalue weighted by Crippen LogP contribution is -2.91. The highest BCUT2D eigenvalue weighted by Crippen LogP contribution is 2.82. The van der Waals surface area contributed by atoms with Crippen LogP contribution >= 0.6 is 0 Å². The van der Waals surface area contributed by atoms with Crippen molar-refractivity contribution in [2.24, 2.45) is 34.0 Å². The fourth-order valence-corrected chi connectivity index (χ4v) is 9.03. The van der Waals surface area contributed by atoms with Crippen molar-refractivity contribution in [3.63, 3.8) is 0 Å². The fraction of sp³-hybridized carbons (Fsp3) is 0.864. The van der Waals surface area contributed by atoms with Gasteiger partial charge >= 0.3 is 5.97 Å². The number of esters is 1. The minimum absolute atomic E-state index is 0.250. The molecule has 11 atom stereocenters. The topological polar surface area (TPSA) is 105 Å². The third-order valence-corrected chi connectivity index (χ3v) is 9.54. The van der Waals surface area contributed by atoms with E-state index in [1.165, 1.54) is 6.92 Å². The van der Waals surface area contributed by atoms with Crippen LogP contribution in [0.25, 0.3) is 0 Å². The summed E-state index contributed by atoms with van der Waals surface area (Å²) in [7, 11) is 0. The fourth-order valence-electron chi connectivity index (χ4n) is 9.03. The van der Waals surface area contributed by atoms with Crippen molar-refractivity contribution in [1.29, 1.82) is 0 Å². The summed E-state index contributed by atoms with van der Waals surface area (Å²) >= 11 is 0. The molecule has 4 saturated heterocycles. The summed E-state index contributed by atoms with van der Waals surface area (Å²) < 4.78 is 18.5. The number of aliphatic hydroxyl groups is 3. The van der Waals surface area contributed by atoms with Gasteiger partial charge in [0.25, 0.3) is 0 Å². The SMILES string of the molecule is C=C1[C@@H](O)[C@@]23[C@H]4OC5O[C@@]2(O)[C@@H](OC(C)=O)[C@@H]2C(C)(C)CCC[C@]52[C@@H]3[C@@H](O)C[C@@H]14. The third-order valence-electron chi connectivity index (χ3n) is 9.54. The zero-order valence-corrected chi connectivity index (χ0v) is 17.1. The normalized spacial score (nSPS) is 60.8. The smallest absolute Gasteiger partial charge is 0.303 e. The molecule has 2 spiro atoms. The average Bonchev–Trinajstić information content (AvgIpc) is 2.76. The molecule has 8 rings (SSSR count). The summed E-state index contributed by atoms with van der Waals surface area (Å²) in [4.78, 5) is 12.1. The molecule has 0 aromatic heterocycles. The number of hydrogen-bond acceptors (Lipinski definition) is 7. The maximum Gasteiger partial charge on any atom is 0.303 e. The molecule has 4 aliphatic heterocycles. The van der Waals surface area contributed by atoms with E-state index in [0.717, 1.165) is 19.3 Å². The first kappa shape index (κ1) is 18.8. The summed E-state index contributed by atoms with van der Waals surface area (Å²) in [5.74, 6) is -3.33. The van der Waals surface area contributed by atoms with E-state index in [1.54, 1.807) is 0 Å². The minimum Gasteiger partial charge on any atom is -0.456 e. The lowest BCUT2D eigenvalue weighted by Gasteiger charge is -2.80. The minimum atomic E-state index is -1.93. The summed E-state index contributed by atoms with van der Waals surface area (Å²) in [5, 5.41) is 35.0. The number of rotatable bonds is 1. The van der Waals surface area contributed by atoms with Crippen LogP contribution in [0.1, 0.15) is 46.5 Å². The van der Waals surface area contributed by atoms with Crippen molar-refractivity contribution in [3.05, 3.63) is 12.2 Å². The molecule has 7 heteroatoms. The Balaban J connectivity index is 1.67. The van der Waals surface area contributed by atoms with Gasteiger partial charge in [-0.25, -0.2) is 0 Å². The molecule has 7 bridgehead atoms. The maximum atomic E-state index is 12.2. The highest BCUT2D eigenvalue weighted by molar-refractivity contribution is 5.66. The van der Waals surface area contributed by atoms with E-state index in [1.807, 2.05) is 0 Å². The Morgan fingerprint density at radius 2 is 1.97 bits per heavy atom. The van der Waals surface area contributed by atoms with Gasteiger partial charge in [0.15, 0.2) is 12.4 Å². The molecule has 3 N–H and O–H groups in total. The molecule has 0 aromatic carbocycles. The Morgan fingerprint density at radius 3 is 2.66 bits per heavy atom. The summed E-state index contributed by atoms with van der Waals surface area (Å²) in [6, 6.07) is 0. The highest BCUT2D eigenvalue weighted by Gasteiger charge is 2.92. The number of carbonyl (C=O) groups is 1. The van der Waals surface area contributed by atoms with E-state index in [-0.39, 0.29) is 17.3 Å². The van der Waals surface area contributed by atoms with E-state index in [0.29, 0.717) is 12.0 Å². The Bertz CT molecular complexity index is 824. The van der Waals surface area contributed by atoms with Crippen molar-refractivity contribution in [3.8, 4) is 0 Å². The molecular weight excluding hydrogens is 376 g/mol. The van der Waals surface area contributed by atoms with Crippen LogP contribution in [0.4, 0.5) is 0 Å². The van der Waals surface area contributed by atoms with Gasteiger partial charge in [0.2, 0.25) is 5.79 Å². The van der Waals surface area contributed by atoms with Crippen molar-refractivity contribution in [2.75, 3.05) is 0 Å². The van der Waals surface area contributed by atoms with Crippen LogP contribution in [0.3, 0.4) is 0 Å². The molecule has 160 valence electrons. The molecular formula is C22H30O7. The van der Waals surface area contributed by atoms with Gasteiger partial charge in [-0.2, -0.15) is 0 Å². The standard InChI is InChI=1S/C22H30O7/c1-9-11-8-12(24)13-20-7-5-6-19(3,4)14(20)17(27-10(2)23)22(26)21(13,15(9)25)16(11)28-18(20)29-22/h11-18,24-26H,1,5-8H2,2-4H3/t11-,12-,13-,14+,15+,16-,17-,18?,20+,21-,22-/m0/s1. The van der Waals surface area contributed by atoms with Crippen LogP contribution in [0, 0.1) is 34.0 Å². The zero-order chi connectivity index (χ0) is 20.7. The van der Waals surface area contributed by atoms with Crippen LogP contribution in [0.5, 0.6) is 0 Å². The molecule has 8 aliphatic rings. The molecule has 0 aromatic rings. The molecule has 0 radical (unpaired) electrons. The van der Waals surface area contributed by atoms with Crippen LogP contribution in [-0.4, -0.2) is 57.8 Å². The van der Waals surface area contributed by atoms with Gasteiger partial charge in [0.1, 0.15) is 0 Å². The van der Waals surface area contributed by atoms with E-state index in [9.17, 15) is 20.1 Å². The van der Waals surface area contributed by atoms with Crippen LogP contribution in [0.15, 0.2) is 12.2 Å². The van der Waals surface area contributed by atoms with Gasteiger partial charge < -0.3 is 29.5 Å². The molecule has 4 saturated carbocycles. The number of carbonyl (C=O) groups excluding carboxylic acids is 1. The van der Waals surface area contributed by atoms with Crippen molar-refractivity contribution in [1.82, 2.24) is 0 Å². The van der Waals surface area contributed by atoms with E-state index >= 15 is 0 Å². The second-order valence-corrected chi connectivity index (χ2v) is 11.0. The summed E-state index contributed by atoms with van der Waals surface area (Å²) in [6.07, 6.45) is -0.899. The highest BCUT2D eigenvalue weighted by atomic mass is 16.8. The van der Waals surface area contributed by atoms with Gasteiger partial charge in [-0.3, -0.25) is 4.79 Å². The van der Waals surface area contributed by atoms with Crippen LogP contribution in [-0.2, 0) is 19.0 Å². The zero-order valence-electron chi connectivity index (χ0n) is 17.1. The third kappa shape index (κ3) is 1.66. The van der Waals surface area contributed by atoms with Crippen molar-refractivity contribution in [2.45, 2.75) is 82.9 Å². The summed E-state index contributed by atoms with van der Waals surface area (Å²) in [6.45, 7) is 9.69. The van der Waals surface area contributed by atoms with Gasteiger partial charge in [0, 0.05) is 30.1 Å². The van der Waals surface area contributed by atoms with E-state index in [4.69, 9.17) is 14.2 Å². The van der Waals surface area contributed by atoms with Gasteiger partial charge in [-0.1, -0.05) is 26.8 Å². The quantitative estimate of drug-likeness (QED) is 0.442. The molecule has 0 amide bonds. The second-order valence-electron chi connectivity index (χ2n) is 11.0. The Labute approximate surface area is 170 Å². The monoisotopic (exact) mass is 406 g/mol. The van der Waals surface area contributed by atoms with Crippen LogP contribution in [0.2, 0.25) is 0 Å². The van der Waals surface area contributed by atoms with Crippen molar-refractivity contribution >= 4 is 5.97 Å². The number of hydrogen-bond donors (Lipinski definition) is 3. The first-order valence-corrected chi connectivity index (χ1v) is 10.8. The molecule has 7 nitrogen and oxygen atoms in total. The Morgan fingerprint density at radius 1 is 1.24 bits per heavy atom.